The van der Waals surface area contributed by atoms with E-state index in [-0.39, 0.29) is 22.9 Å². The Morgan fingerprint density at radius 1 is 0.714 bits per heavy atom. The Hall–Kier alpha value is -1.24. The van der Waals surface area contributed by atoms with Crippen LogP contribution in [0, 0.1) is 20.2 Å². The summed E-state index contributed by atoms with van der Waals surface area (Å²) in [6.45, 7) is 0.519. The van der Waals surface area contributed by atoms with Gasteiger partial charge in [0.05, 0.1) is 13.1 Å². The van der Waals surface area contributed by atoms with Crippen molar-refractivity contribution in [3.8, 4) is 0 Å². The van der Waals surface area contributed by atoms with Crippen LogP contribution in [0.4, 0.5) is 0 Å². The molecule has 0 radical (unpaired) electrons. The van der Waals surface area contributed by atoms with Crippen molar-refractivity contribution >= 4 is 0 Å². The summed E-state index contributed by atoms with van der Waals surface area (Å²) in [5.74, 6) is 0. The standard InChI is InChI=1S/C14H25N3O4/c18-16(19)13(7-3-1-4-8-13)11-15-12-14(17(20)21)9-5-2-6-10-14/h15H,1-12H2. The molecule has 0 unspecified atom stereocenters. The Balaban J connectivity index is 1.94. The maximum atomic E-state index is 11.4. The molecule has 120 valence electrons. The van der Waals surface area contributed by atoms with Crippen LogP contribution in [0.2, 0.25) is 0 Å². The lowest BCUT2D eigenvalue weighted by atomic mass is 9.80. The lowest BCUT2D eigenvalue weighted by molar-refractivity contribution is -0.578. The maximum Gasteiger partial charge on any atom is 0.234 e. The van der Waals surface area contributed by atoms with E-state index in [2.05, 4.69) is 5.32 Å². The van der Waals surface area contributed by atoms with E-state index in [0.29, 0.717) is 25.7 Å². The Morgan fingerprint density at radius 2 is 1.05 bits per heavy atom. The zero-order valence-electron chi connectivity index (χ0n) is 12.5. The topological polar surface area (TPSA) is 98.3 Å². The van der Waals surface area contributed by atoms with Gasteiger partial charge in [-0.2, -0.15) is 0 Å². The van der Waals surface area contributed by atoms with Crippen molar-refractivity contribution in [3.63, 3.8) is 0 Å². The second-order valence-electron chi connectivity index (χ2n) is 6.69. The molecule has 7 nitrogen and oxygen atoms in total. The summed E-state index contributed by atoms with van der Waals surface area (Å²) < 4.78 is 0. The molecule has 2 rings (SSSR count). The fourth-order valence-electron chi connectivity index (χ4n) is 3.80. The SMILES string of the molecule is O=[N+]([O-])C1(CNCC2([N+](=O)[O-])CCCCC2)CCCCC1. The number of hydrogen-bond donors (Lipinski definition) is 1. The Morgan fingerprint density at radius 3 is 1.33 bits per heavy atom. The normalized spacial score (nSPS) is 24.4. The molecule has 0 aromatic rings. The van der Waals surface area contributed by atoms with E-state index >= 15 is 0 Å². The van der Waals surface area contributed by atoms with Crippen molar-refractivity contribution in [1.82, 2.24) is 5.32 Å². The van der Waals surface area contributed by atoms with Gasteiger partial charge in [0.25, 0.3) is 0 Å². The van der Waals surface area contributed by atoms with Crippen molar-refractivity contribution in [2.75, 3.05) is 13.1 Å². The van der Waals surface area contributed by atoms with Gasteiger partial charge in [-0.3, -0.25) is 20.2 Å². The molecule has 0 bridgehead atoms. The highest BCUT2D eigenvalue weighted by molar-refractivity contribution is 4.90. The van der Waals surface area contributed by atoms with Crippen molar-refractivity contribution in [3.05, 3.63) is 20.2 Å². The van der Waals surface area contributed by atoms with Crippen LogP contribution in [0.15, 0.2) is 0 Å². The molecule has 7 heteroatoms. The monoisotopic (exact) mass is 299 g/mol. The molecule has 2 saturated carbocycles. The van der Waals surface area contributed by atoms with Gasteiger partial charge in [-0.05, 0) is 25.7 Å². The minimum absolute atomic E-state index is 0.168. The lowest BCUT2D eigenvalue weighted by Crippen LogP contribution is -2.54. The van der Waals surface area contributed by atoms with Crippen LogP contribution in [0.3, 0.4) is 0 Å². The van der Waals surface area contributed by atoms with E-state index in [1.54, 1.807) is 0 Å². The van der Waals surface area contributed by atoms with Crippen LogP contribution in [0.25, 0.3) is 0 Å². The highest BCUT2D eigenvalue weighted by Gasteiger charge is 2.47. The first-order valence-corrected chi connectivity index (χ1v) is 8.01. The van der Waals surface area contributed by atoms with Crippen molar-refractivity contribution in [2.45, 2.75) is 75.3 Å². The first-order valence-electron chi connectivity index (χ1n) is 8.01. The zero-order chi connectivity index (χ0) is 15.3. The maximum absolute atomic E-state index is 11.4. The minimum Gasteiger partial charge on any atom is -0.304 e. The predicted octanol–water partition coefficient (Wildman–Crippen LogP) is 2.54. The average molecular weight is 299 g/mol. The van der Waals surface area contributed by atoms with Crippen molar-refractivity contribution < 1.29 is 9.85 Å². The van der Waals surface area contributed by atoms with Gasteiger partial charge in [0.1, 0.15) is 0 Å². The summed E-state index contributed by atoms with van der Waals surface area (Å²) in [5, 5.41) is 25.9. The van der Waals surface area contributed by atoms with E-state index in [1.807, 2.05) is 0 Å². The van der Waals surface area contributed by atoms with E-state index in [1.165, 1.54) is 0 Å². The number of nitrogens with zero attached hydrogens (tertiary/aromatic N) is 2. The smallest absolute Gasteiger partial charge is 0.234 e. The fraction of sp³-hybridized carbons (Fsp3) is 1.00. The molecule has 2 fully saturated rings. The van der Waals surface area contributed by atoms with Crippen LogP contribution in [-0.2, 0) is 0 Å². The van der Waals surface area contributed by atoms with Crippen LogP contribution >= 0.6 is 0 Å². The van der Waals surface area contributed by atoms with Gasteiger partial charge in [-0.25, -0.2) is 0 Å². The average Bonchev–Trinajstić information content (AvgIpc) is 2.49. The van der Waals surface area contributed by atoms with Gasteiger partial charge in [-0.15, -0.1) is 0 Å². The molecule has 2 aliphatic carbocycles. The summed E-state index contributed by atoms with van der Waals surface area (Å²) >= 11 is 0. The van der Waals surface area contributed by atoms with E-state index in [4.69, 9.17) is 0 Å². The van der Waals surface area contributed by atoms with Gasteiger partial charge >= 0.3 is 0 Å². The van der Waals surface area contributed by atoms with Gasteiger partial charge in [0, 0.05) is 35.5 Å². The van der Waals surface area contributed by atoms with E-state index in [9.17, 15) is 20.2 Å². The van der Waals surface area contributed by atoms with E-state index in [0.717, 1.165) is 38.5 Å². The highest BCUT2D eigenvalue weighted by atomic mass is 16.6. The summed E-state index contributed by atoms with van der Waals surface area (Å²) in [7, 11) is 0. The molecular weight excluding hydrogens is 274 g/mol. The molecule has 0 aromatic heterocycles. The third-order valence-electron chi connectivity index (χ3n) is 5.25. The quantitative estimate of drug-likeness (QED) is 0.600. The highest BCUT2D eigenvalue weighted by Crippen LogP contribution is 2.32. The number of nitro groups is 2. The van der Waals surface area contributed by atoms with Gasteiger partial charge in [-0.1, -0.05) is 12.8 Å². The van der Waals surface area contributed by atoms with Gasteiger partial charge in [0.2, 0.25) is 11.1 Å². The first kappa shape index (κ1) is 16.1. The summed E-state index contributed by atoms with van der Waals surface area (Å²) in [6.07, 6.45) is 7.94. The Kier molecular flexibility index (Phi) is 5.13. The summed E-state index contributed by atoms with van der Waals surface area (Å²) in [6, 6.07) is 0. The second kappa shape index (κ2) is 6.68. The van der Waals surface area contributed by atoms with Crippen LogP contribution in [0.5, 0.6) is 0 Å². The molecular formula is C14H25N3O4. The Labute approximate surface area is 124 Å². The molecule has 0 spiro atoms. The molecule has 0 amide bonds. The molecule has 0 atom stereocenters. The fourth-order valence-corrected chi connectivity index (χ4v) is 3.80. The third-order valence-corrected chi connectivity index (χ3v) is 5.25. The number of rotatable bonds is 6. The summed E-state index contributed by atoms with van der Waals surface area (Å²) in [5.41, 5.74) is -1.82. The summed E-state index contributed by atoms with van der Waals surface area (Å²) in [4.78, 5) is 22.5. The molecule has 0 aliphatic heterocycles. The third kappa shape index (κ3) is 3.51. The molecule has 1 N–H and O–H groups in total. The van der Waals surface area contributed by atoms with Gasteiger partial charge in [0.15, 0.2) is 0 Å². The number of hydrogen-bond acceptors (Lipinski definition) is 5. The van der Waals surface area contributed by atoms with Crippen molar-refractivity contribution in [1.29, 1.82) is 0 Å². The second-order valence-corrected chi connectivity index (χ2v) is 6.69. The number of nitrogens with one attached hydrogen (secondary N) is 1. The predicted molar refractivity (Wildman–Crippen MR) is 78.5 cm³/mol. The molecule has 0 aromatic carbocycles. The lowest BCUT2D eigenvalue weighted by Gasteiger charge is -2.32. The zero-order valence-corrected chi connectivity index (χ0v) is 12.5. The molecule has 0 heterocycles. The van der Waals surface area contributed by atoms with Crippen LogP contribution < -0.4 is 5.32 Å². The minimum atomic E-state index is -0.912. The Bertz CT molecular complexity index is 352. The molecule has 21 heavy (non-hydrogen) atoms. The molecule has 0 saturated heterocycles. The molecule has 2 aliphatic rings. The van der Waals surface area contributed by atoms with E-state index < -0.39 is 11.1 Å². The first-order chi connectivity index (χ1) is 10.0. The largest absolute Gasteiger partial charge is 0.304 e. The van der Waals surface area contributed by atoms with Gasteiger partial charge < -0.3 is 5.32 Å². The van der Waals surface area contributed by atoms with Crippen LogP contribution in [0.1, 0.15) is 64.2 Å². The van der Waals surface area contributed by atoms with Crippen molar-refractivity contribution in [2.24, 2.45) is 0 Å². The van der Waals surface area contributed by atoms with Crippen LogP contribution in [-0.4, -0.2) is 34.0 Å².